The molecule has 0 unspecified atom stereocenters. The van der Waals surface area contributed by atoms with E-state index in [9.17, 15) is 4.79 Å². The number of nitrogens with zero attached hydrogens (tertiary/aromatic N) is 1. The maximum Gasteiger partial charge on any atom is 0.317 e. The van der Waals surface area contributed by atoms with Gasteiger partial charge in [-0.2, -0.15) is 0 Å². The minimum absolute atomic E-state index is 0.0800. The molecule has 0 aliphatic heterocycles. The Hall–Kier alpha value is -1.81. The molecule has 19 heavy (non-hydrogen) atoms. The van der Waals surface area contributed by atoms with E-state index in [1.807, 2.05) is 18.0 Å². The normalized spacial score (nSPS) is 11.3. The third-order valence-electron chi connectivity index (χ3n) is 3.47. The number of benzene rings is 1. The smallest absolute Gasteiger partial charge is 0.317 e. The SMILES string of the molecule is CCc1cccc2c(CN(CC)CC(=O)O)c[nH]c12. The molecule has 0 fully saturated rings. The lowest BCUT2D eigenvalue weighted by Crippen LogP contribution is -2.28. The summed E-state index contributed by atoms with van der Waals surface area (Å²) in [6.07, 6.45) is 2.98. The Balaban J connectivity index is 2.28. The van der Waals surface area contributed by atoms with E-state index in [1.54, 1.807) is 0 Å². The minimum atomic E-state index is -0.782. The number of likely N-dealkylation sites (N-methyl/N-ethyl adjacent to an activating group) is 1. The Morgan fingerprint density at radius 2 is 2.11 bits per heavy atom. The minimum Gasteiger partial charge on any atom is -0.480 e. The van der Waals surface area contributed by atoms with Gasteiger partial charge in [0.1, 0.15) is 0 Å². The van der Waals surface area contributed by atoms with Crippen LogP contribution in [0.4, 0.5) is 0 Å². The standard InChI is InChI=1S/C15H20N2O2/c1-3-11-6-5-7-13-12(8-16-15(11)13)9-17(4-2)10-14(18)19/h5-8,16H,3-4,9-10H2,1-2H3,(H,18,19). The summed E-state index contributed by atoms with van der Waals surface area (Å²) in [7, 11) is 0. The molecule has 2 rings (SSSR count). The number of nitrogens with one attached hydrogen (secondary N) is 1. The van der Waals surface area contributed by atoms with E-state index >= 15 is 0 Å². The van der Waals surface area contributed by atoms with Crippen LogP contribution in [0, 0.1) is 0 Å². The summed E-state index contributed by atoms with van der Waals surface area (Å²) in [6, 6.07) is 6.28. The summed E-state index contributed by atoms with van der Waals surface area (Å²) >= 11 is 0. The number of aromatic amines is 1. The van der Waals surface area contributed by atoms with E-state index in [1.165, 1.54) is 16.5 Å². The molecular formula is C15H20N2O2. The zero-order valence-electron chi connectivity index (χ0n) is 11.4. The van der Waals surface area contributed by atoms with Gasteiger partial charge in [-0.15, -0.1) is 0 Å². The molecule has 0 aliphatic rings. The van der Waals surface area contributed by atoms with Crippen LogP contribution in [0.15, 0.2) is 24.4 Å². The highest BCUT2D eigenvalue weighted by molar-refractivity contribution is 5.86. The third-order valence-corrected chi connectivity index (χ3v) is 3.47. The van der Waals surface area contributed by atoms with Crippen molar-refractivity contribution in [1.29, 1.82) is 0 Å². The first-order valence-electron chi connectivity index (χ1n) is 6.67. The maximum atomic E-state index is 10.8. The Morgan fingerprint density at radius 1 is 1.32 bits per heavy atom. The molecule has 1 aromatic heterocycles. The molecule has 4 nitrogen and oxygen atoms in total. The number of aromatic nitrogens is 1. The number of carboxylic acids is 1. The second-order valence-corrected chi connectivity index (χ2v) is 4.70. The Labute approximate surface area is 113 Å². The van der Waals surface area contributed by atoms with E-state index < -0.39 is 5.97 Å². The molecule has 102 valence electrons. The van der Waals surface area contributed by atoms with Crippen molar-refractivity contribution < 1.29 is 9.90 Å². The van der Waals surface area contributed by atoms with Crippen LogP contribution in [-0.4, -0.2) is 34.0 Å². The fraction of sp³-hybridized carbons (Fsp3) is 0.400. The highest BCUT2D eigenvalue weighted by Crippen LogP contribution is 2.23. The lowest BCUT2D eigenvalue weighted by Gasteiger charge is -2.17. The fourth-order valence-corrected chi connectivity index (χ4v) is 2.41. The molecule has 0 saturated carbocycles. The number of aliphatic carboxylic acids is 1. The van der Waals surface area contributed by atoms with Crippen LogP contribution >= 0.6 is 0 Å². The Bertz CT molecular complexity index is 575. The fourth-order valence-electron chi connectivity index (χ4n) is 2.41. The van der Waals surface area contributed by atoms with E-state index in [2.05, 4.69) is 30.1 Å². The van der Waals surface area contributed by atoms with Crippen molar-refractivity contribution >= 4 is 16.9 Å². The lowest BCUT2D eigenvalue weighted by molar-refractivity contribution is -0.138. The van der Waals surface area contributed by atoms with Crippen LogP contribution in [0.1, 0.15) is 25.0 Å². The van der Waals surface area contributed by atoms with Crippen molar-refractivity contribution in [2.75, 3.05) is 13.1 Å². The molecule has 1 aromatic carbocycles. The van der Waals surface area contributed by atoms with Crippen LogP contribution in [0.2, 0.25) is 0 Å². The molecule has 2 aromatic rings. The van der Waals surface area contributed by atoms with Gasteiger partial charge in [0.15, 0.2) is 0 Å². The third kappa shape index (κ3) is 2.96. The second kappa shape index (κ2) is 5.89. The number of hydrogen-bond acceptors (Lipinski definition) is 2. The molecule has 1 heterocycles. The van der Waals surface area contributed by atoms with Crippen molar-refractivity contribution in [3.63, 3.8) is 0 Å². The number of hydrogen-bond donors (Lipinski definition) is 2. The van der Waals surface area contributed by atoms with Crippen LogP contribution in [-0.2, 0) is 17.8 Å². The molecule has 0 aliphatic carbocycles. The molecule has 0 amide bonds. The van der Waals surface area contributed by atoms with Crippen LogP contribution in [0.5, 0.6) is 0 Å². The molecule has 0 saturated heterocycles. The molecule has 0 spiro atoms. The Morgan fingerprint density at radius 3 is 2.74 bits per heavy atom. The number of H-pyrrole nitrogens is 1. The van der Waals surface area contributed by atoms with Gasteiger partial charge in [0, 0.05) is 23.6 Å². The first-order valence-corrected chi connectivity index (χ1v) is 6.67. The number of fused-ring (bicyclic) bond motifs is 1. The molecule has 0 atom stereocenters. The zero-order chi connectivity index (χ0) is 13.8. The number of carbonyl (C=O) groups is 1. The van der Waals surface area contributed by atoms with Crippen molar-refractivity contribution in [3.05, 3.63) is 35.5 Å². The summed E-state index contributed by atoms with van der Waals surface area (Å²) < 4.78 is 0. The van der Waals surface area contributed by atoms with Crippen molar-refractivity contribution in [2.45, 2.75) is 26.8 Å². The van der Waals surface area contributed by atoms with Crippen molar-refractivity contribution in [1.82, 2.24) is 9.88 Å². The zero-order valence-corrected chi connectivity index (χ0v) is 11.4. The van der Waals surface area contributed by atoms with Gasteiger partial charge in [-0.25, -0.2) is 0 Å². The maximum absolute atomic E-state index is 10.8. The average Bonchev–Trinajstić information content (AvgIpc) is 2.80. The highest BCUT2D eigenvalue weighted by atomic mass is 16.4. The predicted octanol–water partition coefficient (Wildman–Crippen LogP) is 2.64. The van der Waals surface area contributed by atoms with Crippen LogP contribution in [0.3, 0.4) is 0 Å². The van der Waals surface area contributed by atoms with Gasteiger partial charge in [-0.05, 0) is 24.1 Å². The van der Waals surface area contributed by atoms with Crippen molar-refractivity contribution in [3.8, 4) is 0 Å². The largest absolute Gasteiger partial charge is 0.480 e. The van der Waals surface area contributed by atoms with Gasteiger partial charge in [0.2, 0.25) is 0 Å². The van der Waals surface area contributed by atoms with Gasteiger partial charge in [-0.1, -0.05) is 32.0 Å². The summed E-state index contributed by atoms with van der Waals surface area (Å²) in [6.45, 7) is 5.59. The summed E-state index contributed by atoms with van der Waals surface area (Å²) in [4.78, 5) is 16.0. The topological polar surface area (TPSA) is 56.3 Å². The number of rotatable bonds is 6. The first kappa shape index (κ1) is 13.6. The van der Waals surface area contributed by atoms with Gasteiger partial charge in [0.25, 0.3) is 0 Å². The predicted molar refractivity (Wildman–Crippen MR) is 76.3 cm³/mol. The monoisotopic (exact) mass is 260 g/mol. The number of para-hydroxylation sites is 1. The average molecular weight is 260 g/mol. The molecule has 4 heteroatoms. The van der Waals surface area contributed by atoms with Gasteiger partial charge in [-0.3, -0.25) is 9.69 Å². The molecule has 0 bridgehead atoms. The molecule has 0 radical (unpaired) electrons. The summed E-state index contributed by atoms with van der Waals surface area (Å²) in [5.41, 5.74) is 3.63. The molecule has 2 N–H and O–H groups in total. The second-order valence-electron chi connectivity index (χ2n) is 4.70. The van der Waals surface area contributed by atoms with E-state index in [4.69, 9.17) is 5.11 Å². The number of carboxylic acid groups (broad SMARTS) is 1. The van der Waals surface area contributed by atoms with Crippen molar-refractivity contribution in [2.24, 2.45) is 0 Å². The highest BCUT2D eigenvalue weighted by Gasteiger charge is 2.12. The van der Waals surface area contributed by atoms with Crippen LogP contribution in [0.25, 0.3) is 10.9 Å². The van der Waals surface area contributed by atoms with E-state index in [0.29, 0.717) is 6.54 Å². The summed E-state index contributed by atoms with van der Waals surface area (Å²) in [5.74, 6) is -0.782. The lowest BCUT2D eigenvalue weighted by atomic mass is 10.1. The summed E-state index contributed by atoms with van der Waals surface area (Å²) in [5, 5.41) is 10.1. The van der Waals surface area contributed by atoms with E-state index in [-0.39, 0.29) is 6.54 Å². The van der Waals surface area contributed by atoms with E-state index in [0.717, 1.165) is 18.5 Å². The van der Waals surface area contributed by atoms with Gasteiger partial charge in [0.05, 0.1) is 6.54 Å². The van der Waals surface area contributed by atoms with Gasteiger partial charge >= 0.3 is 5.97 Å². The number of aryl methyl sites for hydroxylation is 1. The first-order chi connectivity index (χ1) is 9.15. The van der Waals surface area contributed by atoms with Gasteiger partial charge < -0.3 is 10.1 Å². The quantitative estimate of drug-likeness (QED) is 0.839. The Kier molecular flexibility index (Phi) is 4.22. The van der Waals surface area contributed by atoms with Crippen LogP contribution < -0.4 is 0 Å². The molecular weight excluding hydrogens is 240 g/mol.